The summed E-state index contributed by atoms with van der Waals surface area (Å²) in [7, 11) is 0. The molecule has 0 aliphatic carbocycles. The van der Waals surface area contributed by atoms with Crippen LogP contribution in [0.2, 0.25) is 0 Å². The fraction of sp³-hybridized carbons (Fsp3) is 0. The Balaban J connectivity index is 1.12. The Morgan fingerprint density at radius 2 is 0.953 bits per heavy atom. The molecule has 4 nitrogen and oxygen atoms in total. The first-order valence-electron chi connectivity index (χ1n) is 21.6. The van der Waals surface area contributed by atoms with Crippen molar-refractivity contribution >= 4 is 74.9 Å². The zero-order valence-electron chi connectivity index (χ0n) is 34.5. The average molecular weight is 833 g/mol. The van der Waals surface area contributed by atoms with E-state index in [-0.39, 0.29) is 0 Å². The highest BCUT2D eigenvalue weighted by molar-refractivity contribution is 7.26. The maximum Gasteiger partial charge on any atom is 0.164 e. The molecule has 0 amide bonds. The molecule has 3 heterocycles. The predicted octanol–water partition coefficient (Wildman–Crippen LogP) is 16.0. The highest BCUT2D eigenvalue weighted by atomic mass is 32.1. The molecule has 13 rings (SSSR count). The molecule has 0 unspecified atom stereocenters. The molecule has 0 spiro atoms. The summed E-state index contributed by atoms with van der Waals surface area (Å²) in [5, 5.41) is 9.90. The minimum Gasteiger partial charge on any atom is -0.309 e. The van der Waals surface area contributed by atoms with Gasteiger partial charge in [-0.15, -0.1) is 11.3 Å². The molecular formula is C59H36N4S. The van der Waals surface area contributed by atoms with Gasteiger partial charge in [0.2, 0.25) is 0 Å². The fourth-order valence-electron chi connectivity index (χ4n) is 9.67. The summed E-state index contributed by atoms with van der Waals surface area (Å²) >= 11 is 1.87. The van der Waals surface area contributed by atoms with E-state index >= 15 is 0 Å². The van der Waals surface area contributed by atoms with Crippen molar-refractivity contribution in [2.45, 2.75) is 0 Å². The molecule has 0 atom stereocenters. The topological polar surface area (TPSA) is 43.6 Å². The molecule has 0 bridgehead atoms. The van der Waals surface area contributed by atoms with Crippen LogP contribution in [0, 0.1) is 0 Å². The summed E-state index contributed by atoms with van der Waals surface area (Å²) in [5.74, 6) is 1.86. The molecule has 0 fully saturated rings. The minimum atomic E-state index is 0.612. The largest absolute Gasteiger partial charge is 0.309 e. The van der Waals surface area contributed by atoms with E-state index in [4.69, 9.17) is 15.0 Å². The summed E-state index contributed by atoms with van der Waals surface area (Å²) in [6, 6.07) is 78.1. The monoisotopic (exact) mass is 832 g/mol. The van der Waals surface area contributed by atoms with Gasteiger partial charge in [-0.1, -0.05) is 176 Å². The smallest absolute Gasteiger partial charge is 0.164 e. The second-order valence-corrected chi connectivity index (χ2v) is 17.4. The number of nitrogens with zero attached hydrogens (tertiary/aromatic N) is 4. The van der Waals surface area contributed by atoms with Crippen molar-refractivity contribution < 1.29 is 0 Å². The first-order valence-corrected chi connectivity index (χ1v) is 22.4. The van der Waals surface area contributed by atoms with Crippen molar-refractivity contribution in [1.82, 2.24) is 19.5 Å². The van der Waals surface area contributed by atoms with Crippen molar-refractivity contribution in [3.05, 3.63) is 218 Å². The molecular weight excluding hydrogens is 797 g/mol. The summed E-state index contributed by atoms with van der Waals surface area (Å²) in [5.41, 5.74) is 10.6. The number of hydrogen-bond donors (Lipinski definition) is 0. The first-order chi connectivity index (χ1) is 31.7. The lowest BCUT2D eigenvalue weighted by Crippen LogP contribution is -2.02. The van der Waals surface area contributed by atoms with E-state index in [9.17, 15) is 0 Å². The number of para-hydroxylation sites is 1. The summed E-state index contributed by atoms with van der Waals surface area (Å²) in [6.07, 6.45) is 0. The lowest BCUT2D eigenvalue weighted by Gasteiger charge is -2.17. The second-order valence-electron chi connectivity index (χ2n) is 16.3. The van der Waals surface area contributed by atoms with Crippen LogP contribution in [0.5, 0.6) is 0 Å². The van der Waals surface area contributed by atoms with Gasteiger partial charge in [-0.3, -0.25) is 0 Å². The van der Waals surface area contributed by atoms with Gasteiger partial charge < -0.3 is 4.57 Å². The molecule has 0 saturated heterocycles. The third kappa shape index (κ3) is 5.86. The molecule has 0 aliphatic rings. The Hall–Kier alpha value is -8.25. The molecule has 64 heavy (non-hydrogen) atoms. The SMILES string of the molecule is c1ccc(-c2nc(-c3ccc(-n4c5ccccc5c5cc6ccccc6cc54)c(-c4cccc5sc6c7ccccc7ccc6c45)c3)nc(-c3ccccc3-c3ccccc3)n2)cc1. The summed E-state index contributed by atoms with van der Waals surface area (Å²) in [6.45, 7) is 0. The molecule has 3 aromatic heterocycles. The molecule has 10 aromatic carbocycles. The maximum atomic E-state index is 5.36. The maximum absolute atomic E-state index is 5.36. The Labute approximate surface area is 373 Å². The number of benzene rings is 10. The van der Waals surface area contributed by atoms with Gasteiger partial charge in [-0.2, -0.15) is 0 Å². The number of fused-ring (bicyclic) bond motifs is 9. The van der Waals surface area contributed by atoms with Crippen molar-refractivity contribution in [3.63, 3.8) is 0 Å². The van der Waals surface area contributed by atoms with Gasteiger partial charge in [0.05, 0.1) is 16.7 Å². The van der Waals surface area contributed by atoms with E-state index in [0.717, 1.165) is 55.7 Å². The van der Waals surface area contributed by atoms with Gasteiger partial charge in [0, 0.05) is 53.2 Å². The van der Waals surface area contributed by atoms with E-state index in [1.54, 1.807) is 0 Å². The molecule has 0 N–H and O–H groups in total. The average Bonchev–Trinajstić information content (AvgIpc) is 3.92. The van der Waals surface area contributed by atoms with E-state index < -0.39 is 0 Å². The highest BCUT2D eigenvalue weighted by Gasteiger charge is 2.22. The molecule has 13 aromatic rings. The second kappa shape index (κ2) is 14.7. The number of aromatic nitrogens is 4. The zero-order chi connectivity index (χ0) is 42.1. The Bertz CT molecular complexity index is 3960. The zero-order valence-corrected chi connectivity index (χ0v) is 35.3. The van der Waals surface area contributed by atoms with Gasteiger partial charge in [0.25, 0.3) is 0 Å². The molecule has 0 aliphatic heterocycles. The molecule has 298 valence electrons. The quantitative estimate of drug-likeness (QED) is 0.168. The molecule has 0 saturated carbocycles. The fourth-order valence-corrected chi connectivity index (χ4v) is 10.9. The van der Waals surface area contributed by atoms with Crippen molar-refractivity contribution in [2.75, 3.05) is 0 Å². The number of hydrogen-bond acceptors (Lipinski definition) is 4. The lowest BCUT2D eigenvalue weighted by atomic mass is 9.95. The van der Waals surface area contributed by atoms with E-state index in [1.165, 1.54) is 52.5 Å². The van der Waals surface area contributed by atoms with Gasteiger partial charge >= 0.3 is 0 Å². The third-order valence-corrected chi connectivity index (χ3v) is 13.8. The molecule has 5 heteroatoms. The number of rotatable bonds is 6. The van der Waals surface area contributed by atoms with Crippen molar-refractivity contribution in [1.29, 1.82) is 0 Å². The van der Waals surface area contributed by atoms with E-state index in [0.29, 0.717) is 17.5 Å². The Kier molecular flexibility index (Phi) is 8.36. The van der Waals surface area contributed by atoms with Crippen LogP contribution in [-0.2, 0) is 0 Å². The predicted molar refractivity (Wildman–Crippen MR) is 269 cm³/mol. The van der Waals surface area contributed by atoms with Gasteiger partial charge in [-0.25, -0.2) is 15.0 Å². The van der Waals surface area contributed by atoms with Crippen LogP contribution in [0.4, 0.5) is 0 Å². The van der Waals surface area contributed by atoms with E-state index in [1.807, 2.05) is 35.6 Å². The van der Waals surface area contributed by atoms with Gasteiger partial charge in [0.15, 0.2) is 17.5 Å². The van der Waals surface area contributed by atoms with E-state index in [2.05, 4.69) is 199 Å². The summed E-state index contributed by atoms with van der Waals surface area (Å²) in [4.78, 5) is 15.8. The highest BCUT2D eigenvalue weighted by Crippen LogP contribution is 2.46. The van der Waals surface area contributed by atoms with Crippen LogP contribution in [0.1, 0.15) is 0 Å². The standard InChI is InChI=1S/C59H36N4S/c1-3-16-37(17-4-1)43-23-11-12-26-47(43)59-61-57(39-19-5-2-6-20-39)60-58(62-59)42-31-33-52(63-51-28-14-13-25-45(51)49-34-40-21-7-8-22-41(40)36-53(49)63)50(35-42)46-27-15-29-54-55(46)48-32-30-38-18-9-10-24-44(38)56(48)64-54/h1-36H. The Morgan fingerprint density at radius 3 is 1.77 bits per heavy atom. The van der Waals surface area contributed by atoms with Crippen molar-refractivity contribution in [2.24, 2.45) is 0 Å². The third-order valence-electron chi connectivity index (χ3n) is 12.6. The van der Waals surface area contributed by atoms with Crippen LogP contribution >= 0.6 is 11.3 Å². The van der Waals surface area contributed by atoms with Crippen molar-refractivity contribution in [3.8, 4) is 62.1 Å². The van der Waals surface area contributed by atoms with Crippen LogP contribution in [-0.4, -0.2) is 19.5 Å². The Morgan fingerprint density at radius 1 is 0.328 bits per heavy atom. The van der Waals surface area contributed by atoms with Crippen LogP contribution in [0.15, 0.2) is 218 Å². The van der Waals surface area contributed by atoms with Gasteiger partial charge in [-0.05, 0) is 80.7 Å². The van der Waals surface area contributed by atoms with Gasteiger partial charge in [0.1, 0.15) is 0 Å². The van der Waals surface area contributed by atoms with Crippen LogP contribution < -0.4 is 0 Å². The normalized spacial score (nSPS) is 11.8. The number of thiophene rings is 1. The first kappa shape index (κ1) is 36.4. The molecule has 0 radical (unpaired) electrons. The van der Waals surface area contributed by atoms with Crippen LogP contribution in [0.25, 0.3) is 126 Å². The van der Waals surface area contributed by atoms with Crippen LogP contribution in [0.3, 0.4) is 0 Å². The minimum absolute atomic E-state index is 0.612. The summed E-state index contributed by atoms with van der Waals surface area (Å²) < 4.78 is 5.01. The lowest BCUT2D eigenvalue weighted by molar-refractivity contribution is 1.07.